The molecule has 15 heavy (non-hydrogen) atoms. The Morgan fingerprint density at radius 2 is 1.93 bits per heavy atom. The monoisotopic (exact) mass is 206 g/mol. The number of carbonyl (C=O) groups excluding carboxylic acids is 1. The van der Waals surface area contributed by atoms with Gasteiger partial charge in [0, 0.05) is 11.8 Å². The summed E-state index contributed by atoms with van der Waals surface area (Å²) >= 11 is 0. The molecule has 1 nitrogen and oxygen atoms in total. The van der Waals surface area contributed by atoms with Gasteiger partial charge in [-0.15, -0.1) is 6.58 Å². The predicted molar refractivity (Wildman–Crippen MR) is 62.6 cm³/mol. The van der Waals surface area contributed by atoms with Gasteiger partial charge in [0.05, 0.1) is 0 Å². The van der Waals surface area contributed by atoms with Crippen LogP contribution in [0.3, 0.4) is 0 Å². The molecule has 3 aliphatic carbocycles. The van der Waals surface area contributed by atoms with E-state index in [1.165, 1.54) is 0 Å². The van der Waals surface area contributed by atoms with Gasteiger partial charge < -0.3 is 0 Å². The first-order valence-corrected chi connectivity index (χ1v) is 5.95. The molecule has 3 fully saturated rings. The molecule has 3 rings (SSSR count). The van der Waals surface area contributed by atoms with Gasteiger partial charge in [0.1, 0.15) is 5.78 Å². The Labute approximate surface area is 92.9 Å². The molecule has 0 heterocycles. The van der Waals surface area contributed by atoms with Crippen LogP contribution in [0.15, 0.2) is 12.7 Å². The van der Waals surface area contributed by atoms with E-state index in [0.717, 1.165) is 32.1 Å². The number of hydrogen-bond donors (Lipinski definition) is 0. The number of rotatable bonds is 5. The van der Waals surface area contributed by atoms with E-state index in [2.05, 4.69) is 27.4 Å². The average molecular weight is 206 g/mol. The summed E-state index contributed by atoms with van der Waals surface area (Å²) in [6.45, 7) is 10.4. The standard InChI is InChI=1S/C14H22O/c1-5-6-12(2,3)7-11(15)14-8-13(4,9-14)10-14/h5H,1,6-10H2,2-4H3. The molecule has 3 aliphatic rings. The third-order valence-electron chi connectivity index (χ3n) is 4.22. The van der Waals surface area contributed by atoms with E-state index < -0.39 is 0 Å². The first-order valence-electron chi connectivity index (χ1n) is 5.95. The second-order valence-electron chi connectivity index (χ2n) is 6.88. The van der Waals surface area contributed by atoms with Crippen LogP contribution in [0.2, 0.25) is 0 Å². The summed E-state index contributed by atoms with van der Waals surface area (Å²) in [6, 6.07) is 0. The molecule has 3 saturated carbocycles. The molecule has 0 aliphatic heterocycles. The number of Topliss-reactive ketones (excluding diaryl/α,β-unsaturated/α-hetero) is 1. The summed E-state index contributed by atoms with van der Waals surface area (Å²) in [5.41, 5.74) is 0.764. The van der Waals surface area contributed by atoms with Crippen LogP contribution in [-0.4, -0.2) is 5.78 Å². The van der Waals surface area contributed by atoms with Crippen molar-refractivity contribution in [1.82, 2.24) is 0 Å². The molecular formula is C14H22O. The number of hydrogen-bond acceptors (Lipinski definition) is 1. The van der Waals surface area contributed by atoms with Gasteiger partial charge in [-0.3, -0.25) is 4.79 Å². The van der Waals surface area contributed by atoms with E-state index in [4.69, 9.17) is 0 Å². The summed E-state index contributed by atoms with van der Waals surface area (Å²) in [7, 11) is 0. The van der Waals surface area contributed by atoms with Gasteiger partial charge in [0.2, 0.25) is 0 Å². The van der Waals surface area contributed by atoms with Crippen LogP contribution < -0.4 is 0 Å². The molecule has 0 amide bonds. The zero-order valence-corrected chi connectivity index (χ0v) is 10.2. The Balaban J connectivity index is 1.91. The second kappa shape index (κ2) is 2.96. The van der Waals surface area contributed by atoms with Crippen molar-refractivity contribution in [3.63, 3.8) is 0 Å². The molecule has 0 saturated heterocycles. The molecule has 0 aromatic rings. The second-order valence-corrected chi connectivity index (χ2v) is 6.88. The maximum absolute atomic E-state index is 12.2. The van der Waals surface area contributed by atoms with Crippen molar-refractivity contribution in [3.05, 3.63) is 12.7 Å². The molecular weight excluding hydrogens is 184 g/mol. The van der Waals surface area contributed by atoms with Crippen LogP contribution >= 0.6 is 0 Å². The molecule has 0 aromatic heterocycles. The molecule has 1 heteroatoms. The van der Waals surface area contributed by atoms with E-state index in [1.54, 1.807) is 0 Å². The fourth-order valence-corrected chi connectivity index (χ4v) is 3.68. The minimum absolute atomic E-state index is 0.106. The van der Waals surface area contributed by atoms with Crippen molar-refractivity contribution in [2.24, 2.45) is 16.2 Å². The minimum Gasteiger partial charge on any atom is -0.299 e. The fourth-order valence-electron chi connectivity index (χ4n) is 3.68. The lowest BCUT2D eigenvalue weighted by atomic mass is 9.34. The van der Waals surface area contributed by atoms with E-state index in [0.29, 0.717) is 11.2 Å². The fraction of sp³-hybridized carbons (Fsp3) is 0.786. The van der Waals surface area contributed by atoms with Gasteiger partial charge in [0.15, 0.2) is 0 Å². The molecule has 0 unspecified atom stereocenters. The lowest BCUT2D eigenvalue weighted by Crippen LogP contribution is -2.64. The van der Waals surface area contributed by atoms with Crippen LogP contribution in [0.4, 0.5) is 0 Å². The van der Waals surface area contributed by atoms with Crippen LogP contribution in [0.1, 0.15) is 52.9 Å². The Morgan fingerprint density at radius 3 is 2.33 bits per heavy atom. The topological polar surface area (TPSA) is 17.1 Å². The Hall–Kier alpha value is -0.590. The number of carbonyl (C=O) groups is 1. The lowest BCUT2D eigenvalue weighted by Gasteiger charge is -2.69. The molecule has 0 aromatic carbocycles. The zero-order valence-electron chi connectivity index (χ0n) is 10.2. The van der Waals surface area contributed by atoms with Crippen LogP contribution in [-0.2, 0) is 4.79 Å². The van der Waals surface area contributed by atoms with E-state index >= 15 is 0 Å². The Bertz CT molecular complexity index is 292. The third-order valence-corrected chi connectivity index (χ3v) is 4.22. The van der Waals surface area contributed by atoms with Crippen molar-refractivity contribution in [1.29, 1.82) is 0 Å². The number of ketones is 1. The molecule has 0 spiro atoms. The molecule has 0 N–H and O–H groups in total. The Morgan fingerprint density at radius 1 is 1.40 bits per heavy atom. The van der Waals surface area contributed by atoms with Crippen LogP contribution in [0.5, 0.6) is 0 Å². The first kappa shape index (κ1) is 10.9. The Kier molecular flexibility index (Phi) is 2.15. The average Bonchev–Trinajstić information content (AvgIpc) is 1.95. The normalized spacial score (nSPS) is 37.8. The van der Waals surface area contributed by atoms with Gasteiger partial charge in [-0.05, 0) is 36.5 Å². The number of allylic oxidation sites excluding steroid dienone is 1. The van der Waals surface area contributed by atoms with Gasteiger partial charge in [-0.2, -0.15) is 0 Å². The maximum Gasteiger partial charge on any atom is 0.139 e. The largest absolute Gasteiger partial charge is 0.299 e. The third kappa shape index (κ3) is 1.66. The summed E-state index contributed by atoms with van der Waals surface area (Å²) < 4.78 is 0. The van der Waals surface area contributed by atoms with Gasteiger partial charge >= 0.3 is 0 Å². The van der Waals surface area contributed by atoms with Crippen molar-refractivity contribution in [3.8, 4) is 0 Å². The summed E-state index contributed by atoms with van der Waals surface area (Å²) in [5, 5.41) is 0. The quantitative estimate of drug-likeness (QED) is 0.626. The lowest BCUT2D eigenvalue weighted by molar-refractivity contribution is -0.199. The SMILES string of the molecule is C=CCC(C)(C)CC(=O)C12CC(C)(C1)C2. The van der Waals surface area contributed by atoms with Gasteiger partial charge in [0.25, 0.3) is 0 Å². The van der Waals surface area contributed by atoms with Crippen molar-refractivity contribution in [2.45, 2.75) is 52.9 Å². The van der Waals surface area contributed by atoms with Gasteiger partial charge in [-0.25, -0.2) is 0 Å². The zero-order chi connectivity index (χ0) is 11.3. The van der Waals surface area contributed by atoms with Crippen LogP contribution in [0, 0.1) is 16.2 Å². The van der Waals surface area contributed by atoms with E-state index in [1.807, 2.05) is 6.08 Å². The minimum atomic E-state index is 0.106. The van der Waals surface area contributed by atoms with Crippen molar-refractivity contribution in [2.75, 3.05) is 0 Å². The first-order chi connectivity index (χ1) is 6.81. The summed E-state index contributed by atoms with van der Waals surface area (Å²) in [5.74, 6) is 0.512. The molecule has 0 radical (unpaired) electrons. The maximum atomic E-state index is 12.2. The molecule has 0 atom stereocenters. The highest BCUT2D eigenvalue weighted by atomic mass is 16.1. The highest BCUT2D eigenvalue weighted by Gasteiger charge is 2.68. The van der Waals surface area contributed by atoms with Gasteiger partial charge in [-0.1, -0.05) is 26.8 Å². The van der Waals surface area contributed by atoms with E-state index in [-0.39, 0.29) is 10.8 Å². The van der Waals surface area contributed by atoms with Crippen molar-refractivity contribution < 1.29 is 4.79 Å². The molecule has 2 bridgehead atoms. The van der Waals surface area contributed by atoms with Crippen molar-refractivity contribution >= 4 is 5.78 Å². The highest BCUT2D eigenvalue weighted by molar-refractivity contribution is 5.88. The summed E-state index contributed by atoms with van der Waals surface area (Å²) in [6.07, 6.45) is 7.06. The van der Waals surface area contributed by atoms with E-state index in [9.17, 15) is 4.79 Å². The highest BCUT2D eigenvalue weighted by Crippen LogP contribution is 2.73. The predicted octanol–water partition coefficient (Wildman–Crippen LogP) is 3.74. The summed E-state index contributed by atoms with van der Waals surface area (Å²) in [4.78, 5) is 12.2. The van der Waals surface area contributed by atoms with Crippen LogP contribution in [0.25, 0.3) is 0 Å². The smallest absolute Gasteiger partial charge is 0.139 e. The molecule has 84 valence electrons.